The van der Waals surface area contributed by atoms with Crippen molar-refractivity contribution in [2.24, 2.45) is 0 Å². The molecule has 1 N–H and O–H groups in total. The van der Waals surface area contributed by atoms with Crippen molar-refractivity contribution in [1.29, 1.82) is 0 Å². The number of carbonyl (C=O) groups is 2. The second kappa shape index (κ2) is 10.6. The first-order chi connectivity index (χ1) is 15.6. The topological polar surface area (TPSA) is 103 Å². The minimum atomic E-state index is -0.317. The monoisotopic (exact) mass is 443 g/mol. The molecule has 2 unspecified atom stereocenters. The van der Waals surface area contributed by atoms with Gasteiger partial charge in [-0.1, -0.05) is 0 Å². The highest BCUT2D eigenvalue weighted by atomic mass is 16.5. The number of ether oxygens (including phenoxy) is 3. The van der Waals surface area contributed by atoms with Gasteiger partial charge in [-0.05, 0) is 49.9 Å². The number of hydrogen-bond acceptors (Lipinski definition) is 7. The van der Waals surface area contributed by atoms with E-state index in [4.69, 9.17) is 18.6 Å². The van der Waals surface area contributed by atoms with Gasteiger partial charge in [-0.2, -0.15) is 0 Å². The third-order valence-corrected chi connectivity index (χ3v) is 5.70. The highest BCUT2D eigenvalue weighted by Gasteiger charge is 2.26. The van der Waals surface area contributed by atoms with Crippen LogP contribution in [0.25, 0.3) is 0 Å². The first kappa shape index (κ1) is 22.3. The minimum absolute atomic E-state index is 0.0265. The SMILES string of the molecule is COc1ccc(C(=O)N(Cc2nc(C(=O)NCC3CCCO3)co2)CC2CCCO2)cc1. The molecule has 0 bridgehead atoms. The zero-order valence-corrected chi connectivity index (χ0v) is 18.2. The van der Waals surface area contributed by atoms with Crippen molar-refractivity contribution in [1.82, 2.24) is 15.2 Å². The number of amides is 2. The third kappa shape index (κ3) is 5.66. The summed E-state index contributed by atoms with van der Waals surface area (Å²) < 4.78 is 21.9. The molecule has 32 heavy (non-hydrogen) atoms. The van der Waals surface area contributed by atoms with Gasteiger partial charge in [0.05, 0.1) is 25.9 Å². The number of carbonyl (C=O) groups excluding carboxylic acids is 2. The Bertz CT molecular complexity index is 901. The van der Waals surface area contributed by atoms with Gasteiger partial charge in [0.15, 0.2) is 5.69 Å². The maximum absolute atomic E-state index is 13.2. The average Bonchev–Trinajstić information content (AvgIpc) is 3.60. The van der Waals surface area contributed by atoms with E-state index in [-0.39, 0.29) is 36.3 Å². The molecular formula is C23H29N3O6. The van der Waals surface area contributed by atoms with Gasteiger partial charge >= 0.3 is 0 Å². The fraction of sp³-hybridized carbons (Fsp3) is 0.522. The molecule has 2 fully saturated rings. The standard InChI is InChI=1S/C23H29N3O6/c1-29-17-8-6-16(7-9-17)23(28)26(13-19-5-3-11-31-19)14-21-25-20(15-32-21)22(27)24-12-18-4-2-10-30-18/h6-9,15,18-19H,2-5,10-14H2,1H3,(H,24,27). The first-order valence-electron chi connectivity index (χ1n) is 11.0. The van der Waals surface area contributed by atoms with Gasteiger partial charge in [0.2, 0.25) is 5.89 Å². The Hall–Kier alpha value is -2.91. The van der Waals surface area contributed by atoms with Gasteiger partial charge in [0, 0.05) is 31.9 Å². The molecule has 2 atom stereocenters. The van der Waals surface area contributed by atoms with Gasteiger partial charge in [-0.3, -0.25) is 9.59 Å². The van der Waals surface area contributed by atoms with E-state index in [1.54, 1.807) is 36.3 Å². The van der Waals surface area contributed by atoms with Crippen LogP contribution in [0, 0.1) is 0 Å². The number of methoxy groups -OCH3 is 1. The lowest BCUT2D eigenvalue weighted by molar-refractivity contribution is 0.0487. The molecule has 2 aromatic rings. The Labute approximate surface area is 187 Å². The van der Waals surface area contributed by atoms with Crippen molar-refractivity contribution >= 4 is 11.8 Å². The van der Waals surface area contributed by atoms with E-state index in [1.165, 1.54) is 6.26 Å². The maximum atomic E-state index is 13.2. The van der Waals surface area contributed by atoms with Crippen LogP contribution in [0.3, 0.4) is 0 Å². The first-order valence-corrected chi connectivity index (χ1v) is 11.0. The van der Waals surface area contributed by atoms with Crippen LogP contribution in [0.1, 0.15) is 52.4 Å². The van der Waals surface area contributed by atoms with Crippen molar-refractivity contribution in [3.8, 4) is 5.75 Å². The summed E-state index contributed by atoms with van der Waals surface area (Å²) >= 11 is 0. The Kier molecular flexibility index (Phi) is 7.39. The van der Waals surface area contributed by atoms with Gasteiger partial charge < -0.3 is 28.8 Å². The van der Waals surface area contributed by atoms with Crippen molar-refractivity contribution in [2.45, 2.75) is 44.4 Å². The summed E-state index contributed by atoms with van der Waals surface area (Å²) in [6.07, 6.45) is 5.17. The van der Waals surface area contributed by atoms with Crippen LogP contribution >= 0.6 is 0 Å². The predicted molar refractivity (Wildman–Crippen MR) is 115 cm³/mol. The second-order valence-corrected chi connectivity index (χ2v) is 8.02. The molecular weight excluding hydrogens is 414 g/mol. The second-order valence-electron chi connectivity index (χ2n) is 8.02. The lowest BCUT2D eigenvalue weighted by Crippen LogP contribution is -2.37. The van der Waals surface area contributed by atoms with Crippen molar-refractivity contribution in [3.63, 3.8) is 0 Å². The zero-order valence-electron chi connectivity index (χ0n) is 18.2. The van der Waals surface area contributed by atoms with Crippen molar-refractivity contribution < 1.29 is 28.2 Å². The van der Waals surface area contributed by atoms with Crippen LogP contribution in [-0.4, -0.2) is 67.3 Å². The van der Waals surface area contributed by atoms with Crippen molar-refractivity contribution in [3.05, 3.63) is 47.7 Å². The fourth-order valence-electron chi connectivity index (χ4n) is 3.92. The number of benzene rings is 1. The average molecular weight is 444 g/mol. The number of aromatic nitrogens is 1. The molecule has 9 nitrogen and oxygen atoms in total. The van der Waals surface area contributed by atoms with Crippen LogP contribution in [0.15, 0.2) is 34.9 Å². The van der Waals surface area contributed by atoms with Gasteiger partial charge in [-0.15, -0.1) is 0 Å². The third-order valence-electron chi connectivity index (χ3n) is 5.70. The molecule has 0 saturated carbocycles. The minimum Gasteiger partial charge on any atom is -0.497 e. The summed E-state index contributed by atoms with van der Waals surface area (Å²) in [6.45, 7) is 2.44. The summed E-state index contributed by atoms with van der Waals surface area (Å²) in [5.41, 5.74) is 0.719. The van der Waals surface area contributed by atoms with Gasteiger partial charge in [0.25, 0.3) is 11.8 Å². The molecule has 1 aromatic heterocycles. The number of nitrogens with zero attached hydrogens (tertiary/aromatic N) is 2. The van der Waals surface area contributed by atoms with Crippen LogP contribution in [0.5, 0.6) is 5.75 Å². The lowest BCUT2D eigenvalue weighted by atomic mass is 10.1. The molecule has 9 heteroatoms. The molecule has 3 heterocycles. The van der Waals surface area contributed by atoms with E-state index in [0.717, 1.165) is 32.3 Å². The highest BCUT2D eigenvalue weighted by Crippen LogP contribution is 2.19. The Morgan fingerprint density at radius 1 is 1.12 bits per heavy atom. The summed E-state index contributed by atoms with van der Waals surface area (Å²) in [6, 6.07) is 6.95. The molecule has 172 valence electrons. The number of oxazole rings is 1. The molecule has 2 amide bonds. The summed E-state index contributed by atoms with van der Waals surface area (Å²) in [5, 5.41) is 2.83. The largest absolute Gasteiger partial charge is 0.497 e. The van der Waals surface area contributed by atoms with E-state index in [0.29, 0.717) is 36.9 Å². The highest BCUT2D eigenvalue weighted by molar-refractivity contribution is 5.94. The van der Waals surface area contributed by atoms with Gasteiger partial charge in [0.1, 0.15) is 12.0 Å². The zero-order chi connectivity index (χ0) is 22.3. The molecule has 4 rings (SSSR count). The van der Waals surface area contributed by atoms with Crippen LogP contribution in [0.2, 0.25) is 0 Å². The molecule has 0 radical (unpaired) electrons. The molecule has 2 saturated heterocycles. The number of hydrogen-bond donors (Lipinski definition) is 1. The van der Waals surface area contributed by atoms with Crippen LogP contribution in [0.4, 0.5) is 0 Å². The molecule has 2 aliphatic rings. The van der Waals surface area contributed by atoms with Crippen LogP contribution < -0.4 is 10.1 Å². The normalized spacial score (nSPS) is 20.3. The summed E-state index contributed by atoms with van der Waals surface area (Å²) in [7, 11) is 1.58. The lowest BCUT2D eigenvalue weighted by Gasteiger charge is -2.24. The summed E-state index contributed by atoms with van der Waals surface area (Å²) in [4.78, 5) is 31.5. The van der Waals surface area contributed by atoms with E-state index < -0.39 is 0 Å². The number of rotatable bonds is 9. The molecule has 2 aliphatic heterocycles. The van der Waals surface area contributed by atoms with E-state index in [1.807, 2.05) is 0 Å². The van der Waals surface area contributed by atoms with E-state index >= 15 is 0 Å². The molecule has 1 aromatic carbocycles. The number of nitrogens with one attached hydrogen (secondary N) is 1. The maximum Gasteiger partial charge on any atom is 0.273 e. The molecule has 0 aliphatic carbocycles. The Balaban J connectivity index is 1.41. The summed E-state index contributed by atoms with van der Waals surface area (Å²) in [5.74, 6) is 0.499. The van der Waals surface area contributed by atoms with Gasteiger partial charge in [-0.25, -0.2) is 4.98 Å². The Morgan fingerprint density at radius 3 is 2.50 bits per heavy atom. The Morgan fingerprint density at radius 2 is 1.84 bits per heavy atom. The quantitative estimate of drug-likeness (QED) is 0.635. The predicted octanol–water partition coefficient (Wildman–Crippen LogP) is 2.41. The smallest absolute Gasteiger partial charge is 0.273 e. The van der Waals surface area contributed by atoms with Crippen molar-refractivity contribution in [2.75, 3.05) is 33.4 Å². The molecule has 0 spiro atoms. The van der Waals surface area contributed by atoms with Crippen LogP contribution in [-0.2, 0) is 16.0 Å². The van der Waals surface area contributed by atoms with E-state index in [9.17, 15) is 9.59 Å². The van der Waals surface area contributed by atoms with E-state index in [2.05, 4.69) is 10.3 Å². The fourth-order valence-corrected chi connectivity index (χ4v) is 3.92.